The molecule has 0 bridgehead atoms. The van der Waals surface area contributed by atoms with Crippen LogP contribution in [-0.2, 0) is 12.8 Å². The van der Waals surface area contributed by atoms with Crippen molar-refractivity contribution in [3.8, 4) is 0 Å². The van der Waals surface area contributed by atoms with E-state index in [1.54, 1.807) is 0 Å². The molecule has 1 aromatic rings. The molecule has 19 heavy (non-hydrogen) atoms. The Labute approximate surface area is 119 Å². The topological polar surface area (TPSA) is 6.48 Å². The minimum absolute atomic E-state index is 1.14. The molecule has 0 aliphatic carbocycles. The predicted molar refractivity (Wildman–Crippen MR) is 86.3 cm³/mol. The van der Waals surface area contributed by atoms with E-state index in [9.17, 15) is 0 Å². The van der Waals surface area contributed by atoms with E-state index in [0.717, 1.165) is 25.9 Å². The van der Waals surface area contributed by atoms with E-state index in [2.05, 4.69) is 48.9 Å². The number of benzene rings is 1. The van der Waals surface area contributed by atoms with Crippen molar-refractivity contribution in [3.63, 3.8) is 0 Å². The van der Waals surface area contributed by atoms with Crippen LogP contribution in [0.4, 0.5) is 5.69 Å². The van der Waals surface area contributed by atoms with Crippen LogP contribution >= 0.6 is 0 Å². The van der Waals surface area contributed by atoms with Crippen LogP contribution in [0.2, 0.25) is 0 Å². The molecule has 1 aliphatic rings. The fourth-order valence-corrected chi connectivity index (χ4v) is 2.55. The van der Waals surface area contributed by atoms with E-state index < -0.39 is 0 Å². The van der Waals surface area contributed by atoms with Gasteiger partial charge in [0.25, 0.3) is 0 Å². The summed E-state index contributed by atoms with van der Waals surface area (Å²) in [7, 11) is 2.20. The van der Waals surface area contributed by atoms with Gasteiger partial charge in [0.1, 0.15) is 0 Å². The Morgan fingerprint density at radius 2 is 1.47 bits per heavy atom. The number of hydrogen-bond acceptors (Lipinski definition) is 2. The Balaban J connectivity index is 0.000000861. The minimum atomic E-state index is 1.14. The van der Waals surface area contributed by atoms with Gasteiger partial charge >= 0.3 is 0 Å². The quantitative estimate of drug-likeness (QED) is 0.821. The average molecular weight is 262 g/mol. The van der Waals surface area contributed by atoms with Crippen LogP contribution in [0.3, 0.4) is 0 Å². The number of piperazine rings is 1. The first-order valence-corrected chi connectivity index (χ1v) is 7.80. The number of aryl methyl sites for hydroxylation is 2. The molecule has 1 fully saturated rings. The van der Waals surface area contributed by atoms with Crippen LogP contribution in [0.5, 0.6) is 0 Å². The van der Waals surface area contributed by atoms with Gasteiger partial charge in [0.05, 0.1) is 0 Å². The second-order valence-electron chi connectivity index (χ2n) is 4.95. The molecule has 0 amide bonds. The molecule has 0 unspecified atom stereocenters. The van der Waals surface area contributed by atoms with Gasteiger partial charge in [-0.1, -0.05) is 33.8 Å². The van der Waals surface area contributed by atoms with Gasteiger partial charge in [-0.25, -0.2) is 0 Å². The minimum Gasteiger partial charge on any atom is -0.369 e. The number of likely N-dealkylation sites (N-methyl/N-ethyl adjacent to an activating group) is 1. The highest BCUT2D eigenvalue weighted by Gasteiger charge is 2.14. The normalized spacial score (nSPS) is 15.9. The van der Waals surface area contributed by atoms with Crippen LogP contribution in [0, 0.1) is 0 Å². The molecular formula is C17H30N2. The average Bonchev–Trinajstić information content (AvgIpc) is 2.49. The molecule has 2 rings (SSSR count). The molecule has 1 saturated heterocycles. The molecule has 1 aliphatic heterocycles. The second-order valence-corrected chi connectivity index (χ2v) is 4.95. The third kappa shape index (κ3) is 4.24. The van der Waals surface area contributed by atoms with E-state index in [4.69, 9.17) is 0 Å². The Morgan fingerprint density at radius 3 is 2.00 bits per heavy atom. The van der Waals surface area contributed by atoms with Gasteiger partial charge in [-0.15, -0.1) is 0 Å². The molecule has 0 saturated carbocycles. The highest BCUT2D eigenvalue weighted by atomic mass is 15.2. The van der Waals surface area contributed by atoms with E-state index in [1.807, 2.05) is 13.8 Å². The SMILES string of the molecule is CC.CCc1ccc(N2CCN(C)CC2)cc1CC. The lowest BCUT2D eigenvalue weighted by atomic mass is 10.0. The lowest BCUT2D eigenvalue weighted by molar-refractivity contribution is 0.313. The molecule has 2 heteroatoms. The zero-order chi connectivity index (χ0) is 14.3. The van der Waals surface area contributed by atoms with Crippen LogP contribution in [0.25, 0.3) is 0 Å². The van der Waals surface area contributed by atoms with E-state index >= 15 is 0 Å². The number of nitrogens with zero attached hydrogens (tertiary/aromatic N) is 2. The molecule has 0 aromatic heterocycles. The van der Waals surface area contributed by atoms with Crippen molar-refractivity contribution in [1.29, 1.82) is 0 Å². The molecule has 0 N–H and O–H groups in total. The van der Waals surface area contributed by atoms with Crippen molar-refractivity contribution in [2.24, 2.45) is 0 Å². The second kappa shape index (κ2) is 8.21. The summed E-state index contributed by atoms with van der Waals surface area (Å²) < 4.78 is 0. The summed E-state index contributed by atoms with van der Waals surface area (Å²) in [5.74, 6) is 0. The van der Waals surface area contributed by atoms with Crippen molar-refractivity contribution in [2.75, 3.05) is 38.1 Å². The Kier molecular flexibility index (Phi) is 6.93. The monoisotopic (exact) mass is 262 g/mol. The Bertz CT molecular complexity index is 366. The zero-order valence-corrected chi connectivity index (χ0v) is 13.4. The molecule has 0 spiro atoms. The summed E-state index contributed by atoms with van der Waals surface area (Å²) in [6, 6.07) is 7.00. The summed E-state index contributed by atoms with van der Waals surface area (Å²) >= 11 is 0. The summed E-state index contributed by atoms with van der Waals surface area (Å²) in [5.41, 5.74) is 4.43. The van der Waals surface area contributed by atoms with E-state index in [1.165, 1.54) is 29.9 Å². The Morgan fingerprint density at radius 1 is 0.895 bits per heavy atom. The number of anilines is 1. The molecule has 2 nitrogen and oxygen atoms in total. The standard InChI is InChI=1S/C15H24N2.C2H6/c1-4-13-6-7-15(12-14(13)5-2)17-10-8-16(3)9-11-17;1-2/h6-7,12H,4-5,8-11H2,1-3H3;1-2H3. The maximum absolute atomic E-state index is 2.51. The van der Waals surface area contributed by atoms with E-state index in [0.29, 0.717) is 0 Å². The van der Waals surface area contributed by atoms with Crippen molar-refractivity contribution >= 4 is 5.69 Å². The van der Waals surface area contributed by atoms with Crippen LogP contribution in [-0.4, -0.2) is 38.1 Å². The number of rotatable bonds is 3. The van der Waals surface area contributed by atoms with Crippen molar-refractivity contribution in [1.82, 2.24) is 4.90 Å². The third-order valence-electron chi connectivity index (χ3n) is 3.82. The van der Waals surface area contributed by atoms with Crippen LogP contribution < -0.4 is 4.90 Å². The summed E-state index contributed by atoms with van der Waals surface area (Å²) in [4.78, 5) is 4.91. The van der Waals surface area contributed by atoms with Crippen molar-refractivity contribution in [3.05, 3.63) is 29.3 Å². The largest absolute Gasteiger partial charge is 0.369 e. The smallest absolute Gasteiger partial charge is 0.0370 e. The van der Waals surface area contributed by atoms with Crippen LogP contribution in [0.1, 0.15) is 38.8 Å². The molecular weight excluding hydrogens is 232 g/mol. The summed E-state index contributed by atoms with van der Waals surface area (Å²) in [6.45, 7) is 13.2. The fraction of sp³-hybridized carbons (Fsp3) is 0.647. The molecule has 0 radical (unpaired) electrons. The van der Waals surface area contributed by atoms with Gasteiger partial charge in [0.2, 0.25) is 0 Å². The first-order chi connectivity index (χ1) is 9.24. The van der Waals surface area contributed by atoms with Crippen molar-refractivity contribution in [2.45, 2.75) is 40.5 Å². The van der Waals surface area contributed by atoms with Gasteiger partial charge in [0, 0.05) is 31.9 Å². The van der Waals surface area contributed by atoms with Gasteiger partial charge in [0.15, 0.2) is 0 Å². The first kappa shape index (κ1) is 16.0. The molecule has 108 valence electrons. The maximum Gasteiger partial charge on any atom is 0.0370 e. The first-order valence-electron chi connectivity index (χ1n) is 7.80. The zero-order valence-electron chi connectivity index (χ0n) is 13.4. The molecule has 1 heterocycles. The number of hydrogen-bond donors (Lipinski definition) is 0. The summed E-state index contributed by atoms with van der Waals surface area (Å²) in [5, 5.41) is 0. The van der Waals surface area contributed by atoms with Crippen molar-refractivity contribution < 1.29 is 0 Å². The third-order valence-corrected chi connectivity index (χ3v) is 3.82. The van der Waals surface area contributed by atoms with Gasteiger partial charge in [-0.05, 0) is 43.1 Å². The highest BCUT2D eigenvalue weighted by Crippen LogP contribution is 2.21. The Hall–Kier alpha value is -1.02. The lowest BCUT2D eigenvalue weighted by Crippen LogP contribution is -2.44. The molecule has 0 atom stereocenters. The molecule has 1 aromatic carbocycles. The maximum atomic E-state index is 2.51. The van der Waals surface area contributed by atoms with Gasteiger partial charge in [-0.3, -0.25) is 0 Å². The van der Waals surface area contributed by atoms with Gasteiger partial charge < -0.3 is 9.80 Å². The van der Waals surface area contributed by atoms with Crippen LogP contribution in [0.15, 0.2) is 18.2 Å². The lowest BCUT2D eigenvalue weighted by Gasteiger charge is -2.34. The predicted octanol–water partition coefficient (Wildman–Crippen LogP) is 3.59. The summed E-state index contributed by atoms with van der Waals surface area (Å²) in [6.07, 6.45) is 2.29. The highest BCUT2D eigenvalue weighted by molar-refractivity contribution is 5.51. The van der Waals surface area contributed by atoms with E-state index in [-0.39, 0.29) is 0 Å². The fourth-order valence-electron chi connectivity index (χ4n) is 2.55. The van der Waals surface area contributed by atoms with Gasteiger partial charge in [-0.2, -0.15) is 0 Å².